The third-order valence-corrected chi connectivity index (χ3v) is 3.50. The number of benzene rings is 2. The van der Waals surface area contributed by atoms with Crippen molar-refractivity contribution < 1.29 is 0 Å². The topological polar surface area (TPSA) is 42.1 Å². The van der Waals surface area contributed by atoms with E-state index >= 15 is 0 Å². The van der Waals surface area contributed by atoms with Gasteiger partial charge >= 0.3 is 0 Å². The molecule has 0 unspecified atom stereocenters. The van der Waals surface area contributed by atoms with E-state index < -0.39 is 0 Å². The number of hydrogen-bond donors (Lipinski definition) is 1. The van der Waals surface area contributed by atoms with E-state index in [1.807, 2.05) is 30.6 Å². The third kappa shape index (κ3) is 2.30. The summed E-state index contributed by atoms with van der Waals surface area (Å²) in [5, 5.41) is 2.14. The lowest BCUT2D eigenvalue weighted by Gasteiger charge is -2.21. The molecule has 0 atom stereocenters. The number of nitrogens with two attached hydrogens (primary N) is 1. The maximum atomic E-state index is 6.02. The van der Waals surface area contributed by atoms with Crippen molar-refractivity contribution in [3.05, 3.63) is 66.5 Å². The molecule has 2 N–H and O–H groups in total. The zero-order valence-corrected chi connectivity index (χ0v) is 11.5. The van der Waals surface area contributed by atoms with Gasteiger partial charge in [0.25, 0.3) is 0 Å². The Bertz CT molecular complexity index is 723. The summed E-state index contributed by atoms with van der Waals surface area (Å²) >= 11 is 0. The second-order valence-electron chi connectivity index (χ2n) is 4.94. The van der Waals surface area contributed by atoms with Crippen molar-refractivity contribution in [3.8, 4) is 0 Å². The van der Waals surface area contributed by atoms with E-state index in [0.29, 0.717) is 0 Å². The molecule has 0 saturated carbocycles. The third-order valence-electron chi connectivity index (χ3n) is 3.50. The SMILES string of the molecule is CN(Cc1ccccc1)c1ccc(N)c2cnccc12. The van der Waals surface area contributed by atoms with Crippen LogP contribution in [0.15, 0.2) is 60.9 Å². The van der Waals surface area contributed by atoms with Gasteiger partial charge < -0.3 is 10.6 Å². The average Bonchev–Trinajstić information content (AvgIpc) is 2.49. The Labute approximate surface area is 118 Å². The molecule has 0 fully saturated rings. The van der Waals surface area contributed by atoms with Crippen LogP contribution in [0.5, 0.6) is 0 Å². The van der Waals surface area contributed by atoms with E-state index in [1.54, 1.807) is 0 Å². The van der Waals surface area contributed by atoms with Crippen LogP contribution < -0.4 is 10.6 Å². The van der Waals surface area contributed by atoms with Gasteiger partial charge in [0, 0.05) is 48.1 Å². The minimum Gasteiger partial charge on any atom is -0.398 e. The fourth-order valence-electron chi connectivity index (χ4n) is 2.47. The van der Waals surface area contributed by atoms with Gasteiger partial charge in [0.1, 0.15) is 0 Å². The van der Waals surface area contributed by atoms with Crippen LogP contribution in [0.4, 0.5) is 11.4 Å². The molecular weight excluding hydrogens is 246 g/mol. The van der Waals surface area contributed by atoms with Gasteiger partial charge in [-0.25, -0.2) is 0 Å². The van der Waals surface area contributed by atoms with Crippen molar-refractivity contribution in [3.63, 3.8) is 0 Å². The average molecular weight is 263 g/mol. The first-order valence-electron chi connectivity index (χ1n) is 6.63. The van der Waals surface area contributed by atoms with Gasteiger partial charge in [0.05, 0.1) is 0 Å². The first-order valence-corrected chi connectivity index (χ1v) is 6.63. The number of anilines is 2. The van der Waals surface area contributed by atoms with E-state index in [0.717, 1.165) is 23.0 Å². The van der Waals surface area contributed by atoms with Gasteiger partial charge in [-0.1, -0.05) is 30.3 Å². The van der Waals surface area contributed by atoms with E-state index in [-0.39, 0.29) is 0 Å². The highest BCUT2D eigenvalue weighted by atomic mass is 15.1. The molecule has 0 aliphatic heterocycles. The highest BCUT2D eigenvalue weighted by molar-refractivity contribution is 6.00. The lowest BCUT2D eigenvalue weighted by molar-refractivity contribution is 0.928. The number of fused-ring (bicyclic) bond motifs is 1. The molecule has 2 aromatic carbocycles. The Morgan fingerprint density at radius 1 is 1.00 bits per heavy atom. The quantitative estimate of drug-likeness (QED) is 0.736. The number of nitrogens with zero attached hydrogens (tertiary/aromatic N) is 2. The smallest absolute Gasteiger partial charge is 0.0448 e. The Morgan fingerprint density at radius 2 is 1.80 bits per heavy atom. The van der Waals surface area contributed by atoms with Crippen LogP contribution in [-0.4, -0.2) is 12.0 Å². The van der Waals surface area contributed by atoms with Crippen molar-refractivity contribution in [1.82, 2.24) is 4.98 Å². The van der Waals surface area contributed by atoms with Gasteiger partial charge in [-0.2, -0.15) is 0 Å². The molecule has 0 aliphatic rings. The highest BCUT2D eigenvalue weighted by Crippen LogP contribution is 2.30. The first-order chi connectivity index (χ1) is 9.75. The zero-order valence-electron chi connectivity index (χ0n) is 11.5. The first kappa shape index (κ1) is 12.5. The summed E-state index contributed by atoms with van der Waals surface area (Å²) in [5.41, 5.74) is 9.24. The monoisotopic (exact) mass is 263 g/mol. The van der Waals surface area contributed by atoms with E-state index in [1.165, 1.54) is 11.3 Å². The molecule has 3 nitrogen and oxygen atoms in total. The van der Waals surface area contributed by atoms with Crippen LogP contribution in [0.25, 0.3) is 10.8 Å². The van der Waals surface area contributed by atoms with Crippen molar-refractivity contribution >= 4 is 22.1 Å². The summed E-state index contributed by atoms with van der Waals surface area (Å²) in [6.07, 6.45) is 3.63. The fraction of sp³-hybridized carbons (Fsp3) is 0.118. The Morgan fingerprint density at radius 3 is 2.60 bits per heavy atom. The summed E-state index contributed by atoms with van der Waals surface area (Å²) in [5.74, 6) is 0. The number of aromatic nitrogens is 1. The molecule has 0 spiro atoms. The lowest BCUT2D eigenvalue weighted by Crippen LogP contribution is -2.16. The Kier molecular flexibility index (Phi) is 3.25. The minimum atomic E-state index is 0.768. The van der Waals surface area contributed by atoms with Crippen LogP contribution in [0.3, 0.4) is 0 Å². The van der Waals surface area contributed by atoms with Gasteiger partial charge in [-0.15, -0.1) is 0 Å². The summed E-state index contributed by atoms with van der Waals surface area (Å²) in [6, 6.07) is 16.5. The summed E-state index contributed by atoms with van der Waals surface area (Å²) in [4.78, 5) is 6.39. The molecule has 0 aliphatic carbocycles. The molecule has 100 valence electrons. The molecule has 0 bridgehead atoms. The molecule has 0 saturated heterocycles. The highest BCUT2D eigenvalue weighted by Gasteiger charge is 2.08. The number of hydrogen-bond acceptors (Lipinski definition) is 3. The van der Waals surface area contributed by atoms with Crippen molar-refractivity contribution in [2.24, 2.45) is 0 Å². The summed E-state index contributed by atoms with van der Waals surface area (Å²) in [7, 11) is 2.10. The summed E-state index contributed by atoms with van der Waals surface area (Å²) < 4.78 is 0. The van der Waals surface area contributed by atoms with Crippen molar-refractivity contribution in [2.75, 3.05) is 17.7 Å². The van der Waals surface area contributed by atoms with Crippen LogP contribution in [0.2, 0.25) is 0 Å². The number of rotatable bonds is 3. The maximum absolute atomic E-state index is 6.02. The maximum Gasteiger partial charge on any atom is 0.0448 e. The van der Waals surface area contributed by atoms with Gasteiger partial charge in [-0.05, 0) is 23.8 Å². The van der Waals surface area contributed by atoms with Crippen LogP contribution in [-0.2, 0) is 6.54 Å². The molecular formula is C17H17N3. The number of pyridine rings is 1. The van der Waals surface area contributed by atoms with Crippen LogP contribution in [0, 0.1) is 0 Å². The Balaban J connectivity index is 2.00. The van der Waals surface area contributed by atoms with E-state index in [4.69, 9.17) is 5.73 Å². The van der Waals surface area contributed by atoms with E-state index in [2.05, 4.69) is 47.3 Å². The molecule has 1 aromatic heterocycles. The molecule has 0 radical (unpaired) electrons. The second-order valence-corrected chi connectivity index (χ2v) is 4.94. The molecule has 20 heavy (non-hydrogen) atoms. The molecule has 3 heteroatoms. The fourth-order valence-corrected chi connectivity index (χ4v) is 2.47. The lowest BCUT2D eigenvalue weighted by atomic mass is 10.1. The summed E-state index contributed by atoms with van der Waals surface area (Å²) in [6.45, 7) is 0.863. The normalized spacial score (nSPS) is 10.7. The Hall–Kier alpha value is -2.55. The predicted octanol–water partition coefficient (Wildman–Crippen LogP) is 3.45. The predicted molar refractivity (Wildman–Crippen MR) is 84.7 cm³/mol. The minimum absolute atomic E-state index is 0.768. The van der Waals surface area contributed by atoms with Crippen LogP contribution in [0.1, 0.15) is 5.56 Å². The van der Waals surface area contributed by atoms with E-state index in [9.17, 15) is 0 Å². The molecule has 3 rings (SSSR count). The number of nitrogen functional groups attached to an aromatic ring is 1. The molecule has 3 aromatic rings. The van der Waals surface area contributed by atoms with Crippen molar-refractivity contribution in [1.29, 1.82) is 0 Å². The van der Waals surface area contributed by atoms with Gasteiger partial charge in [0.15, 0.2) is 0 Å². The molecule has 0 amide bonds. The standard InChI is InChI=1S/C17H17N3/c1-20(12-13-5-3-2-4-6-13)17-8-7-16(18)15-11-19-10-9-14(15)17/h2-11H,12,18H2,1H3. The second kappa shape index (κ2) is 5.21. The largest absolute Gasteiger partial charge is 0.398 e. The van der Waals surface area contributed by atoms with Gasteiger partial charge in [0.2, 0.25) is 0 Å². The van der Waals surface area contributed by atoms with Crippen molar-refractivity contribution in [2.45, 2.75) is 6.54 Å². The van der Waals surface area contributed by atoms with Gasteiger partial charge in [-0.3, -0.25) is 4.98 Å². The van der Waals surface area contributed by atoms with Crippen LogP contribution >= 0.6 is 0 Å². The zero-order chi connectivity index (χ0) is 13.9. The molecule has 1 heterocycles.